The van der Waals surface area contributed by atoms with Gasteiger partial charge in [0.15, 0.2) is 0 Å². The number of rotatable bonds is 4. The van der Waals surface area contributed by atoms with Gasteiger partial charge in [0.2, 0.25) is 0 Å². The molecule has 0 spiro atoms. The van der Waals surface area contributed by atoms with Crippen molar-refractivity contribution in [2.75, 3.05) is 13.1 Å². The molecule has 0 aliphatic carbocycles. The summed E-state index contributed by atoms with van der Waals surface area (Å²) in [5.41, 5.74) is 1.58. The van der Waals surface area contributed by atoms with Crippen molar-refractivity contribution >= 4 is 5.97 Å². The highest BCUT2D eigenvalue weighted by Crippen LogP contribution is 2.28. The van der Waals surface area contributed by atoms with Gasteiger partial charge in [0.05, 0.1) is 5.56 Å². The van der Waals surface area contributed by atoms with Crippen LogP contribution in [0.15, 0.2) is 24.3 Å². The molecule has 19 heavy (non-hydrogen) atoms. The zero-order chi connectivity index (χ0) is 13.8. The highest BCUT2D eigenvalue weighted by Gasteiger charge is 2.24. The molecule has 1 N–H and O–H groups in total. The number of benzene rings is 1. The summed E-state index contributed by atoms with van der Waals surface area (Å²) in [4.78, 5) is 13.6. The average Bonchev–Trinajstić information content (AvgIpc) is 2.46. The van der Waals surface area contributed by atoms with Crippen LogP contribution >= 0.6 is 0 Å². The molecule has 3 heteroatoms. The molecule has 1 heterocycles. The monoisotopic (exact) mass is 261 g/mol. The predicted molar refractivity (Wildman–Crippen MR) is 76.7 cm³/mol. The third kappa shape index (κ3) is 3.35. The van der Waals surface area contributed by atoms with Gasteiger partial charge < -0.3 is 10.0 Å². The van der Waals surface area contributed by atoms with E-state index in [1.54, 1.807) is 6.07 Å². The van der Waals surface area contributed by atoms with E-state index in [0.29, 0.717) is 17.5 Å². The first kappa shape index (κ1) is 14.1. The van der Waals surface area contributed by atoms with Gasteiger partial charge in [-0.3, -0.25) is 0 Å². The molecule has 2 unspecified atom stereocenters. The molecule has 1 saturated heterocycles. The summed E-state index contributed by atoms with van der Waals surface area (Å²) in [6, 6.07) is 8.05. The summed E-state index contributed by atoms with van der Waals surface area (Å²) in [5.74, 6) is -0.363. The maximum absolute atomic E-state index is 11.0. The molecule has 0 aromatic heterocycles. The van der Waals surface area contributed by atoms with Crippen LogP contribution < -0.4 is 0 Å². The topological polar surface area (TPSA) is 40.5 Å². The van der Waals surface area contributed by atoms with E-state index in [-0.39, 0.29) is 0 Å². The number of carboxylic acids is 1. The molecule has 1 aromatic carbocycles. The Bertz CT molecular complexity index is 444. The van der Waals surface area contributed by atoms with Crippen molar-refractivity contribution in [1.29, 1.82) is 0 Å². The lowest BCUT2D eigenvalue weighted by molar-refractivity contribution is 0.0696. The summed E-state index contributed by atoms with van der Waals surface area (Å²) in [6.45, 7) is 6.72. The molecule has 0 bridgehead atoms. The largest absolute Gasteiger partial charge is 0.478 e. The Morgan fingerprint density at radius 2 is 2.32 bits per heavy atom. The van der Waals surface area contributed by atoms with E-state index < -0.39 is 5.97 Å². The standard InChI is InChI=1S/C16H23NO2/c1-3-12(2)17-9-5-8-15(11-17)13-6-4-7-14(10-13)16(18)19/h4,6-7,10,12,15H,3,5,8-9,11H2,1-2H3,(H,18,19). The van der Waals surface area contributed by atoms with Crippen LogP contribution in [0.5, 0.6) is 0 Å². The Labute approximate surface area is 115 Å². The first-order chi connectivity index (χ1) is 9.11. The summed E-state index contributed by atoms with van der Waals surface area (Å²) in [7, 11) is 0. The maximum atomic E-state index is 11.0. The molecule has 1 aliphatic heterocycles. The van der Waals surface area contributed by atoms with Crippen molar-refractivity contribution in [3.8, 4) is 0 Å². The van der Waals surface area contributed by atoms with Crippen molar-refractivity contribution in [3.63, 3.8) is 0 Å². The number of carboxylic acid groups (broad SMARTS) is 1. The van der Waals surface area contributed by atoms with Crippen LogP contribution in [0.3, 0.4) is 0 Å². The van der Waals surface area contributed by atoms with Crippen molar-refractivity contribution in [3.05, 3.63) is 35.4 Å². The Morgan fingerprint density at radius 1 is 1.53 bits per heavy atom. The number of piperidine rings is 1. The number of likely N-dealkylation sites (tertiary alicyclic amines) is 1. The smallest absolute Gasteiger partial charge is 0.335 e. The van der Waals surface area contributed by atoms with E-state index in [1.807, 2.05) is 12.1 Å². The first-order valence-electron chi connectivity index (χ1n) is 7.19. The van der Waals surface area contributed by atoms with Gasteiger partial charge in [0.25, 0.3) is 0 Å². The van der Waals surface area contributed by atoms with E-state index in [0.717, 1.165) is 13.0 Å². The maximum Gasteiger partial charge on any atom is 0.335 e. The van der Waals surface area contributed by atoms with Gasteiger partial charge in [-0.25, -0.2) is 4.79 Å². The Kier molecular flexibility index (Phi) is 4.59. The second-order valence-electron chi connectivity index (χ2n) is 5.52. The summed E-state index contributed by atoms with van der Waals surface area (Å²) < 4.78 is 0. The summed E-state index contributed by atoms with van der Waals surface area (Å²) >= 11 is 0. The molecule has 1 fully saturated rings. The van der Waals surface area contributed by atoms with Crippen LogP contribution in [0.1, 0.15) is 54.9 Å². The van der Waals surface area contributed by atoms with Crippen LogP contribution in [-0.2, 0) is 0 Å². The number of carbonyl (C=O) groups is 1. The van der Waals surface area contributed by atoms with Crippen LogP contribution in [0.25, 0.3) is 0 Å². The number of hydrogen-bond acceptors (Lipinski definition) is 2. The normalized spacial score (nSPS) is 22.1. The van der Waals surface area contributed by atoms with Crippen molar-refractivity contribution in [1.82, 2.24) is 4.90 Å². The van der Waals surface area contributed by atoms with Crippen molar-refractivity contribution in [2.45, 2.75) is 45.1 Å². The third-order valence-electron chi connectivity index (χ3n) is 4.27. The van der Waals surface area contributed by atoms with Gasteiger partial charge in [-0.15, -0.1) is 0 Å². The first-order valence-corrected chi connectivity index (χ1v) is 7.19. The minimum atomic E-state index is -0.837. The van der Waals surface area contributed by atoms with Gasteiger partial charge in [-0.05, 0) is 56.3 Å². The molecule has 104 valence electrons. The van der Waals surface area contributed by atoms with Gasteiger partial charge in [0.1, 0.15) is 0 Å². The molecule has 2 rings (SSSR count). The lowest BCUT2D eigenvalue weighted by Crippen LogP contribution is -2.40. The SMILES string of the molecule is CCC(C)N1CCCC(c2cccc(C(=O)O)c2)C1. The zero-order valence-electron chi connectivity index (χ0n) is 11.8. The lowest BCUT2D eigenvalue weighted by atomic mass is 9.89. The van der Waals surface area contributed by atoms with Gasteiger partial charge >= 0.3 is 5.97 Å². The molecule has 1 aromatic rings. The van der Waals surface area contributed by atoms with Crippen molar-refractivity contribution in [2.24, 2.45) is 0 Å². The molecule has 0 amide bonds. The predicted octanol–water partition coefficient (Wildman–Crippen LogP) is 3.36. The Balaban J connectivity index is 2.12. The average molecular weight is 261 g/mol. The quantitative estimate of drug-likeness (QED) is 0.903. The summed E-state index contributed by atoms with van der Waals surface area (Å²) in [6.07, 6.45) is 3.53. The fourth-order valence-electron chi connectivity index (χ4n) is 2.86. The fraction of sp³-hybridized carbons (Fsp3) is 0.562. The van der Waals surface area contributed by atoms with E-state index in [4.69, 9.17) is 5.11 Å². The number of hydrogen-bond donors (Lipinski definition) is 1. The van der Waals surface area contributed by atoms with E-state index in [9.17, 15) is 4.79 Å². The Hall–Kier alpha value is -1.35. The molecular formula is C16H23NO2. The zero-order valence-corrected chi connectivity index (χ0v) is 11.8. The van der Waals surface area contributed by atoms with Gasteiger partial charge in [-0.1, -0.05) is 19.1 Å². The highest BCUT2D eigenvalue weighted by atomic mass is 16.4. The number of aromatic carboxylic acids is 1. The van der Waals surface area contributed by atoms with Crippen LogP contribution in [0.4, 0.5) is 0 Å². The van der Waals surface area contributed by atoms with E-state index in [1.165, 1.54) is 24.9 Å². The van der Waals surface area contributed by atoms with E-state index >= 15 is 0 Å². The second kappa shape index (κ2) is 6.20. The van der Waals surface area contributed by atoms with Crippen LogP contribution in [-0.4, -0.2) is 35.1 Å². The van der Waals surface area contributed by atoms with Gasteiger partial charge in [0, 0.05) is 12.6 Å². The molecule has 0 radical (unpaired) electrons. The highest BCUT2D eigenvalue weighted by molar-refractivity contribution is 5.87. The molecular weight excluding hydrogens is 238 g/mol. The van der Waals surface area contributed by atoms with Crippen molar-refractivity contribution < 1.29 is 9.90 Å². The molecule has 0 saturated carbocycles. The minimum Gasteiger partial charge on any atom is -0.478 e. The minimum absolute atomic E-state index is 0.401. The lowest BCUT2D eigenvalue weighted by Gasteiger charge is -2.36. The van der Waals surface area contributed by atoms with Gasteiger partial charge in [-0.2, -0.15) is 0 Å². The second-order valence-corrected chi connectivity index (χ2v) is 5.52. The molecule has 1 aliphatic rings. The van der Waals surface area contributed by atoms with Crippen LogP contribution in [0, 0.1) is 0 Å². The van der Waals surface area contributed by atoms with Crippen LogP contribution in [0.2, 0.25) is 0 Å². The number of nitrogens with zero attached hydrogens (tertiary/aromatic N) is 1. The summed E-state index contributed by atoms with van der Waals surface area (Å²) in [5, 5.41) is 9.08. The fourth-order valence-corrected chi connectivity index (χ4v) is 2.86. The third-order valence-corrected chi connectivity index (χ3v) is 4.27. The molecule has 2 atom stereocenters. The molecule has 3 nitrogen and oxygen atoms in total. The Morgan fingerprint density at radius 3 is 3.00 bits per heavy atom. The van der Waals surface area contributed by atoms with E-state index in [2.05, 4.69) is 24.8 Å².